The third-order valence-electron chi connectivity index (χ3n) is 3.91. The van der Waals surface area contributed by atoms with Gasteiger partial charge in [-0.1, -0.05) is 26.0 Å². The summed E-state index contributed by atoms with van der Waals surface area (Å²) in [7, 11) is 0. The standard InChI is InChI=1S/C16H24F2N2O2.ClH/c1-11(2)16(3,10-19)20-14(21)9-6-12-4-7-13(8-5-12)22-15(17)18;/h4-5,7-8,11,15H,6,9-10,19H2,1-3H3,(H,20,21);1H. The molecule has 7 heteroatoms. The summed E-state index contributed by atoms with van der Waals surface area (Å²) in [6.45, 7) is 3.48. The molecule has 0 aromatic heterocycles. The van der Waals surface area contributed by atoms with Crippen LogP contribution in [0.4, 0.5) is 8.78 Å². The number of hydrogen-bond donors (Lipinski definition) is 2. The number of nitrogens with one attached hydrogen (secondary N) is 1. The lowest BCUT2D eigenvalue weighted by atomic mass is 9.88. The fourth-order valence-corrected chi connectivity index (χ4v) is 1.91. The lowest BCUT2D eigenvalue weighted by Crippen LogP contribution is -2.55. The molecule has 3 N–H and O–H groups in total. The van der Waals surface area contributed by atoms with Gasteiger partial charge in [-0.25, -0.2) is 0 Å². The number of aryl methyl sites for hydroxylation is 1. The third kappa shape index (κ3) is 7.14. The molecule has 1 unspecified atom stereocenters. The molecular formula is C16H25ClF2N2O2. The van der Waals surface area contributed by atoms with Crippen molar-refractivity contribution >= 4 is 18.3 Å². The van der Waals surface area contributed by atoms with Crippen LogP contribution in [0.15, 0.2) is 24.3 Å². The lowest BCUT2D eigenvalue weighted by molar-refractivity contribution is -0.123. The number of halogens is 3. The average molecular weight is 351 g/mol. The zero-order valence-electron chi connectivity index (χ0n) is 13.6. The summed E-state index contributed by atoms with van der Waals surface area (Å²) in [4.78, 5) is 12.0. The monoisotopic (exact) mass is 350 g/mol. The van der Waals surface area contributed by atoms with Gasteiger partial charge in [0.15, 0.2) is 0 Å². The Labute approximate surface area is 142 Å². The van der Waals surface area contributed by atoms with Gasteiger partial charge in [-0.15, -0.1) is 12.4 Å². The second-order valence-corrected chi connectivity index (χ2v) is 5.85. The van der Waals surface area contributed by atoms with Crippen molar-refractivity contribution in [3.63, 3.8) is 0 Å². The Bertz CT molecular complexity index is 483. The van der Waals surface area contributed by atoms with Gasteiger partial charge in [-0.2, -0.15) is 8.78 Å². The zero-order chi connectivity index (χ0) is 16.8. The Morgan fingerprint density at radius 1 is 1.30 bits per heavy atom. The summed E-state index contributed by atoms with van der Waals surface area (Å²) in [6.07, 6.45) is 0.844. The fourth-order valence-electron chi connectivity index (χ4n) is 1.91. The minimum atomic E-state index is -2.83. The first-order valence-corrected chi connectivity index (χ1v) is 7.31. The second-order valence-electron chi connectivity index (χ2n) is 5.85. The molecule has 0 saturated heterocycles. The van der Waals surface area contributed by atoms with Crippen molar-refractivity contribution in [2.45, 2.75) is 45.8 Å². The topological polar surface area (TPSA) is 64.3 Å². The van der Waals surface area contributed by atoms with E-state index < -0.39 is 12.2 Å². The van der Waals surface area contributed by atoms with Crippen molar-refractivity contribution in [1.29, 1.82) is 0 Å². The van der Waals surface area contributed by atoms with Gasteiger partial charge in [0.1, 0.15) is 5.75 Å². The molecule has 0 bridgehead atoms. The normalized spacial score (nSPS) is 13.4. The zero-order valence-corrected chi connectivity index (χ0v) is 14.5. The van der Waals surface area contributed by atoms with Gasteiger partial charge in [0.2, 0.25) is 5.91 Å². The van der Waals surface area contributed by atoms with E-state index >= 15 is 0 Å². The van der Waals surface area contributed by atoms with Crippen molar-refractivity contribution in [2.24, 2.45) is 11.7 Å². The molecule has 1 atom stereocenters. The molecule has 0 aliphatic heterocycles. The van der Waals surface area contributed by atoms with Crippen molar-refractivity contribution in [2.75, 3.05) is 6.54 Å². The van der Waals surface area contributed by atoms with E-state index in [0.29, 0.717) is 19.4 Å². The number of rotatable bonds is 8. The molecule has 1 aromatic rings. The summed E-state index contributed by atoms with van der Waals surface area (Å²) >= 11 is 0. The Balaban J connectivity index is 0.00000484. The van der Waals surface area contributed by atoms with E-state index in [0.717, 1.165) is 5.56 Å². The summed E-state index contributed by atoms with van der Waals surface area (Å²) < 4.78 is 28.4. The predicted octanol–water partition coefficient (Wildman–Crippen LogP) is 3.13. The van der Waals surface area contributed by atoms with E-state index in [4.69, 9.17) is 5.73 Å². The minimum Gasteiger partial charge on any atom is -0.435 e. The molecule has 0 aliphatic carbocycles. The molecule has 0 aliphatic rings. The predicted molar refractivity (Wildman–Crippen MR) is 89.1 cm³/mol. The van der Waals surface area contributed by atoms with Crippen LogP contribution in [0, 0.1) is 5.92 Å². The smallest absolute Gasteiger partial charge is 0.387 e. The molecule has 0 radical (unpaired) electrons. The van der Waals surface area contributed by atoms with Crippen LogP contribution in [-0.4, -0.2) is 24.6 Å². The highest BCUT2D eigenvalue weighted by Crippen LogP contribution is 2.17. The van der Waals surface area contributed by atoms with Gasteiger partial charge < -0.3 is 15.8 Å². The molecule has 1 amide bonds. The van der Waals surface area contributed by atoms with Crippen LogP contribution >= 0.6 is 12.4 Å². The second kappa shape index (κ2) is 9.67. The largest absolute Gasteiger partial charge is 0.435 e. The van der Waals surface area contributed by atoms with Gasteiger partial charge >= 0.3 is 6.61 Å². The fraction of sp³-hybridized carbons (Fsp3) is 0.562. The van der Waals surface area contributed by atoms with E-state index in [1.165, 1.54) is 12.1 Å². The van der Waals surface area contributed by atoms with Crippen LogP contribution in [0.25, 0.3) is 0 Å². The Morgan fingerprint density at radius 3 is 2.30 bits per heavy atom. The number of hydrogen-bond acceptors (Lipinski definition) is 3. The maximum atomic E-state index is 12.0. The molecular weight excluding hydrogens is 326 g/mol. The van der Waals surface area contributed by atoms with Crippen LogP contribution in [0.2, 0.25) is 0 Å². The number of alkyl halides is 2. The van der Waals surface area contributed by atoms with Crippen LogP contribution < -0.4 is 15.8 Å². The van der Waals surface area contributed by atoms with Gasteiger partial charge in [0.25, 0.3) is 0 Å². The quantitative estimate of drug-likeness (QED) is 0.757. The average Bonchev–Trinajstić information content (AvgIpc) is 2.45. The molecule has 0 spiro atoms. The maximum Gasteiger partial charge on any atom is 0.387 e. The van der Waals surface area contributed by atoms with Crippen molar-refractivity contribution in [1.82, 2.24) is 5.32 Å². The third-order valence-corrected chi connectivity index (χ3v) is 3.91. The summed E-state index contributed by atoms with van der Waals surface area (Å²) in [5.41, 5.74) is 6.19. The molecule has 1 rings (SSSR count). The van der Waals surface area contributed by atoms with Gasteiger partial charge in [0.05, 0.1) is 5.54 Å². The van der Waals surface area contributed by atoms with E-state index in [2.05, 4.69) is 10.1 Å². The molecule has 0 saturated carbocycles. The first kappa shape index (κ1) is 21.6. The molecule has 0 heterocycles. The SMILES string of the molecule is CC(C)C(C)(CN)NC(=O)CCc1ccc(OC(F)F)cc1.Cl. The highest BCUT2D eigenvalue weighted by Gasteiger charge is 2.28. The van der Waals surface area contributed by atoms with Crippen LogP contribution in [0.1, 0.15) is 32.8 Å². The van der Waals surface area contributed by atoms with Gasteiger partial charge in [-0.05, 0) is 37.0 Å². The van der Waals surface area contributed by atoms with Crippen LogP contribution in [-0.2, 0) is 11.2 Å². The molecule has 132 valence electrons. The van der Waals surface area contributed by atoms with E-state index in [-0.39, 0.29) is 30.0 Å². The van der Waals surface area contributed by atoms with Gasteiger partial charge in [0, 0.05) is 13.0 Å². The molecule has 0 fully saturated rings. The maximum absolute atomic E-state index is 12.0. The van der Waals surface area contributed by atoms with Crippen molar-refractivity contribution < 1.29 is 18.3 Å². The molecule has 1 aromatic carbocycles. The number of nitrogens with two attached hydrogens (primary N) is 1. The summed E-state index contributed by atoms with van der Waals surface area (Å²) in [5, 5.41) is 2.96. The molecule has 23 heavy (non-hydrogen) atoms. The van der Waals surface area contributed by atoms with Crippen molar-refractivity contribution in [3.8, 4) is 5.75 Å². The van der Waals surface area contributed by atoms with E-state index in [1.807, 2.05) is 20.8 Å². The summed E-state index contributed by atoms with van der Waals surface area (Å²) in [6, 6.07) is 6.29. The highest BCUT2D eigenvalue weighted by atomic mass is 35.5. The number of ether oxygens (including phenoxy) is 1. The lowest BCUT2D eigenvalue weighted by Gasteiger charge is -2.33. The first-order chi connectivity index (χ1) is 10.3. The number of benzene rings is 1. The minimum absolute atomic E-state index is 0. The number of carbonyl (C=O) groups is 1. The van der Waals surface area contributed by atoms with E-state index in [1.54, 1.807) is 12.1 Å². The van der Waals surface area contributed by atoms with Crippen LogP contribution in [0.5, 0.6) is 5.75 Å². The number of carbonyl (C=O) groups excluding carboxylic acids is 1. The van der Waals surface area contributed by atoms with E-state index in [9.17, 15) is 13.6 Å². The Hall–Kier alpha value is -1.40. The van der Waals surface area contributed by atoms with Crippen molar-refractivity contribution in [3.05, 3.63) is 29.8 Å². The Morgan fingerprint density at radius 2 is 1.87 bits per heavy atom. The highest BCUT2D eigenvalue weighted by molar-refractivity contribution is 5.85. The van der Waals surface area contributed by atoms with Crippen LogP contribution in [0.3, 0.4) is 0 Å². The Kier molecular flexibility index (Phi) is 9.09. The number of amides is 1. The summed E-state index contributed by atoms with van der Waals surface area (Å²) in [5.74, 6) is 0.264. The molecule has 4 nitrogen and oxygen atoms in total. The van der Waals surface area contributed by atoms with Gasteiger partial charge in [-0.3, -0.25) is 4.79 Å². The first-order valence-electron chi connectivity index (χ1n) is 7.31.